The highest BCUT2D eigenvalue weighted by Crippen LogP contribution is 2.40. The van der Waals surface area contributed by atoms with Crippen LogP contribution in [-0.2, 0) is 0 Å². The average Bonchev–Trinajstić information content (AvgIpc) is 3.60. The first kappa shape index (κ1) is 30.0. The normalized spacial score (nSPS) is 11.5. The summed E-state index contributed by atoms with van der Waals surface area (Å²) in [6, 6.07) is 71.7. The number of nitrogens with zero attached hydrogens (tertiary/aromatic N) is 1. The molecule has 0 radical (unpaired) electrons. The minimum Gasteiger partial charge on any atom is -0.456 e. The number of benzene rings is 9. The molecule has 0 N–H and O–H groups in total. The van der Waals surface area contributed by atoms with Crippen LogP contribution in [0.4, 0.5) is 17.1 Å². The predicted octanol–water partition coefficient (Wildman–Crippen LogP) is 14.4. The Hall–Kier alpha value is -6.90. The van der Waals surface area contributed by atoms with Crippen molar-refractivity contribution in [1.82, 2.24) is 0 Å². The second-order valence-corrected chi connectivity index (χ2v) is 13.4. The van der Waals surface area contributed by atoms with Gasteiger partial charge in [-0.2, -0.15) is 0 Å². The number of rotatable bonds is 6. The summed E-state index contributed by atoms with van der Waals surface area (Å²) in [5.74, 6) is 0. The van der Waals surface area contributed by atoms with Crippen LogP contribution in [0.2, 0.25) is 0 Å². The molecule has 0 atom stereocenters. The minimum absolute atomic E-state index is 0.908. The van der Waals surface area contributed by atoms with Gasteiger partial charge in [0.05, 0.1) is 0 Å². The predicted molar refractivity (Wildman–Crippen MR) is 220 cm³/mol. The van der Waals surface area contributed by atoms with Gasteiger partial charge in [0.15, 0.2) is 0 Å². The van der Waals surface area contributed by atoms with Gasteiger partial charge in [-0.05, 0) is 122 Å². The first-order valence-electron chi connectivity index (χ1n) is 17.7. The maximum absolute atomic E-state index is 6.19. The molecule has 0 bridgehead atoms. The monoisotopic (exact) mass is 663 g/mol. The Balaban J connectivity index is 0.991. The summed E-state index contributed by atoms with van der Waals surface area (Å²) in [4.78, 5) is 2.33. The maximum Gasteiger partial charge on any atom is 0.136 e. The van der Waals surface area contributed by atoms with Gasteiger partial charge in [0, 0.05) is 27.8 Å². The molecule has 0 saturated carbocycles. The van der Waals surface area contributed by atoms with Crippen LogP contribution in [0.1, 0.15) is 0 Å². The molecular weight excluding hydrogens is 631 g/mol. The van der Waals surface area contributed by atoms with E-state index in [2.05, 4.69) is 193 Å². The third kappa shape index (κ3) is 5.30. The van der Waals surface area contributed by atoms with E-state index < -0.39 is 0 Å². The molecule has 2 nitrogen and oxygen atoms in total. The van der Waals surface area contributed by atoms with Crippen molar-refractivity contribution in [3.63, 3.8) is 0 Å². The molecular formula is C50H33NO. The lowest BCUT2D eigenvalue weighted by molar-refractivity contribution is 0.669. The molecule has 10 aromatic rings. The zero-order valence-electron chi connectivity index (χ0n) is 28.4. The lowest BCUT2D eigenvalue weighted by Crippen LogP contribution is -2.09. The van der Waals surface area contributed by atoms with Crippen LogP contribution < -0.4 is 4.90 Å². The molecule has 0 amide bonds. The summed E-state index contributed by atoms with van der Waals surface area (Å²) < 4.78 is 6.19. The van der Waals surface area contributed by atoms with E-state index in [0.29, 0.717) is 0 Å². The van der Waals surface area contributed by atoms with Gasteiger partial charge in [0.25, 0.3) is 0 Å². The molecule has 0 aliphatic heterocycles. The zero-order valence-corrected chi connectivity index (χ0v) is 28.4. The number of hydrogen-bond acceptors (Lipinski definition) is 2. The molecule has 0 aliphatic rings. The lowest BCUT2D eigenvalue weighted by Gasteiger charge is -2.26. The Labute approximate surface area is 302 Å². The van der Waals surface area contributed by atoms with Gasteiger partial charge >= 0.3 is 0 Å². The molecule has 9 aromatic carbocycles. The van der Waals surface area contributed by atoms with E-state index >= 15 is 0 Å². The van der Waals surface area contributed by atoms with E-state index in [1.165, 1.54) is 49.4 Å². The smallest absolute Gasteiger partial charge is 0.136 e. The van der Waals surface area contributed by atoms with Crippen LogP contribution in [-0.4, -0.2) is 0 Å². The van der Waals surface area contributed by atoms with Gasteiger partial charge < -0.3 is 9.32 Å². The fourth-order valence-electron chi connectivity index (χ4n) is 7.62. The number of anilines is 3. The Morgan fingerprint density at radius 2 is 0.808 bits per heavy atom. The molecule has 244 valence electrons. The van der Waals surface area contributed by atoms with E-state index in [1.807, 2.05) is 12.1 Å². The van der Waals surface area contributed by atoms with Gasteiger partial charge in [-0.1, -0.05) is 133 Å². The Morgan fingerprint density at radius 1 is 0.308 bits per heavy atom. The topological polar surface area (TPSA) is 16.4 Å². The SMILES string of the molecule is c1ccc(-c2ccc3cc(-c4ccc5cc(N(c6ccccc6)c6ccc(-c7cccc8oc9ccccc9c78)cc6)ccc5c4)ccc3c2)cc1. The van der Waals surface area contributed by atoms with Gasteiger partial charge in [-0.3, -0.25) is 0 Å². The third-order valence-corrected chi connectivity index (χ3v) is 10.2. The third-order valence-electron chi connectivity index (χ3n) is 10.2. The Morgan fingerprint density at radius 3 is 1.50 bits per heavy atom. The number of hydrogen-bond donors (Lipinski definition) is 0. The van der Waals surface area contributed by atoms with Crippen LogP contribution in [0.15, 0.2) is 205 Å². The second-order valence-electron chi connectivity index (χ2n) is 13.4. The Kier molecular flexibility index (Phi) is 7.18. The van der Waals surface area contributed by atoms with Crippen molar-refractivity contribution in [2.45, 2.75) is 0 Å². The first-order chi connectivity index (χ1) is 25.7. The van der Waals surface area contributed by atoms with Crippen molar-refractivity contribution >= 4 is 60.5 Å². The molecule has 0 spiro atoms. The largest absolute Gasteiger partial charge is 0.456 e. The first-order valence-corrected chi connectivity index (χ1v) is 17.7. The number of furan rings is 1. The summed E-state index contributed by atoms with van der Waals surface area (Å²) in [5, 5.41) is 7.19. The minimum atomic E-state index is 0.908. The van der Waals surface area contributed by atoms with Crippen molar-refractivity contribution in [2.24, 2.45) is 0 Å². The molecule has 1 heterocycles. The van der Waals surface area contributed by atoms with Crippen molar-refractivity contribution < 1.29 is 4.42 Å². The standard InChI is InChI=1S/C50H33NO/c1-3-10-34(11-4-1)36-18-19-38-31-39(21-20-37(38)30-36)40-22-23-42-33-45(29-26-41(42)32-40)51(43-12-5-2-6-13-43)44-27-24-35(25-28-44)46-15-9-17-49-50(46)47-14-7-8-16-48(47)52-49/h1-33H. The van der Waals surface area contributed by atoms with Gasteiger partial charge in [-0.25, -0.2) is 0 Å². The van der Waals surface area contributed by atoms with Crippen molar-refractivity contribution in [1.29, 1.82) is 0 Å². The average molecular weight is 664 g/mol. The van der Waals surface area contributed by atoms with Gasteiger partial charge in [0.2, 0.25) is 0 Å². The molecule has 0 fully saturated rings. The van der Waals surface area contributed by atoms with Crippen LogP contribution >= 0.6 is 0 Å². The summed E-state index contributed by atoms with van der Waals surface area (Å²) in [6.45, 7) is 0. The van der Waals surface area contributed by atoms with Crippen molar-refractivity contribution in [2.75, 3.05) is 4.90 Å². The molecule has 0 unspecified atom stereocenters. The van der Waals surface area contributed by atoms with E-state index in [9.17, 15) is 0 Å². The van der Waals surface area contributed by atoms with Crippen LogP contribution in [0.5, 0.6) is 0 Å². The quantitative estimate of drug-likeness (QED) is 0.176. The van der Waals surface area contributed by atoms with Crippen molar-refractivity contribution in [3.05, 3.63) is 200 Å². The maximum atomic E-state index is 6.19. The summed E-state index contributed by atoms with van der Waals surface area (Å²) in [5.41, 5.74) is 12.4. The van der Waals surface area contributed by atoms with E-state index in [1.54, 1.807) is 0 Å². The van der Waals surface area contributed by atoms with Gasteiger partial charge in [-0.15, -0.1) is 0 Å². The molecule has 1 aromatic heterocycles. The molecule has 2 heteroatoms. The number of para-hydroxylation sites is 2. The fourth-order valence-corrected chi connectivity index (χ4v) is 7.62. The van der Waals surface area contributed by atoms with Crippen molar-refractivity contribution in [3.8, 4) is 33.4 Å². The van der Waals surface area contributed by atoms with E-state index in [4.69, 9.17) is 4.42 Å². The highest BCUT2D eigenvalue weighted by atomic mass is 16.3. The Bertz CT molecular complexity index is 2890. The molecule has 52 heavy (non-hydrogen) atoms. The molecule has 0 aliphatic carbocycles. The molecule has 0 saturated heterocycles. The van der Waals surface area contributed by atoms with Gasteiger partial charge in [0.1, 0.15) is 11.2 Å². The summed E-state index contributed by atoms with van der Waals surface area (Å²) >= 11 is 0. The molecule has 10 rings (SSSR count). The van der Waals surface area contributed by atoms with Crippen LogP contribution in [0.3, 0.4) is 0 Å². The van der Waals surface area contributed by atoms with Crippen LogP contribution in [0, 0.1) is 0 Å². The van der Waals surface area contributed by atoms with E-state index in [0.717, 1.165) is 44.6 Å². The fraction of sp³-hybridized carbons (Fsp3) is 0. The second kappa shape index (κ2) is 12.5. The highest BCUT2D eigenvalue weighted by Gasteiger charge is 2.16. The van der Waals surface area contributed by atoms with Crippen LogP contribution in [0.25, 0.3) is 76.9 Å². The summed E-state index contributed by atoms with van der Waals surface area (Å²) in [6.07, 6.45) is 0. The summed E-state index contributed by atoms with van der Waals surface area (Å²) in [7, 11) is 0. The number of fused-ring (bicyclic) bond motifs is 5. The highest BCUT2D eigenvalue weighted by molar-refractivity contribution is 6.12. The lowest BCUT2D eigenvalue weighted by atomic mass is 9.96. The zero-order chi connectivity index (χ0) is 34.4. The van der Waals surface area contributed by atoms with E-state index in [-0.39, 0.29) is 0 Å².